The second-order valence-electron chi connectivity index (χ2n) is 4.88. The van der Waals surface area contributed by atoms with E-state index in [1.54, 1.807) is 0 Å². The third kappa shape index (κ3) is 4.37. The zero-order valence-corrected chi connectivity index (χ0v) is 14.5. The monoisotopic (exact) mass is 381 g/mol. The lowest BCUT2D eigenvalue weighted by Crippen LogP contribution is -2.13. The summed E-state index contributed by atoms with van der Waals surface area (Å²) in [6.45, 7) is 1.31. The molecular formula is C15H12ClN3O5S. The van der Waals surface area contributed by atoms with Crippen LogP contribution in [0.2, 0.25) is 5.02 Å². The maximum Gasteiger partial charge on any atom is 0.275 e. The van der Waals surface area contributed by atoms with Crippen molar-refractivity contribution >= 4 is 33.0 Å². The van der Waals surface area contributed by atoms with Gasteiger partial charge in [0.15, 0.2) is 6.61 Å². The Morgan fingerprint density at radius 2 is 1.96 bits per heavy atom. The lowest BCUT2D eigenvalue weighted by atomic mass is 10.2. The van der Waals surface area contributed by atoms with Crippen LogP contribution in [0.15, 0.2) is 41.3 Å². The van der Waals surface area contributed by atoms with Gasteiger partial charge in [-0.2, -0.15) is 5.26 Å². The molecule has 0 atom stereocenters. The van der Waals surface area contributed by atoms with Crippen LogP contribution in [0.4, 0.5) is 11.4 Å². The molecule has 0 saturated carbocycles. The van der Waals surface area contributed by atoms with Gasteiger partial charge in [0, 0.05) is 17.3 Å². The first-order chi connectivity index (χ1) is 11.7. The van der Waals surface area contributed by atoms with Gasteiger partial charge in [0.05, 0.1) is 14.8 Å². The summed E-state index contributed by atoms with van der Waals surface area (Å²) in [5.74, 6) is 0.401. The average molecular weight is 382 g/mol. The molecule has 0 saturated heterocycles. The highest BCUT2D eigenvalue weighted by atomic mass is 35.5. The molecule has 0 aromatic heterocycles. The number of nitrogens with zero attached hydrogens (tertiary/aromatic N) is 2. The highest BCUT2D eigenvalue weighted by molar-refractivity contribution is 7.92. The fraction of sp³-hybridized carbons (Fsp3) is 0.133. The molecule has 0 unspecified atom stereocenters. The van der Waals surface area contributed by atoms with Gasteiger partial charge in [-0.25, -0.2) is 8.42 Å². The number of sulfonamides is 1. The van der Waals surface area contributed by atoms with Crippen LogP contribution in [0.25, 0.3) is 0 Å². The molecule has 1 N–H and O–H groups in total. The molecular weight excluding hydrogens is 370 g/mol. The van der Waals surface area contributed by atoms with E-state index in [2.05, 4.69) is 4.72 Å². The van der Waals surface area contributed by atoms with Gasteiger partial charge in [-0.05, 0) is 37.3 Å². The smallest absolute Gasteiger partial charge is 0.275 e. The SMILES string of the molecule is Cc1c(Cl)cc(S(=O)(=O)Nc2ccc(OCC#N)cc2)cc1[N+](=O)[O-]. The molecule has 8 nitrogen and oxygen atoms in total. The number of ether oxygens (including phenoxy) is 1. The number of nitrogens with one attached hydrogen (secondary N) is 1. The van der Waals surface area contributed by atoms with Crippen LogP contribution in [0.1, 0.15) is 5.56 Å². The van der Waals surface area contributed by atoms with Crippen molar-refractivity contribution < 1.29 is 18.1 Å². The first-order valence-electron chi connectivity index (χ1n) is 6.82. The van der Waals surface area contributed by atoms with Gasteiger partial charge < -0.3 is 4.74 Å². The van der Waals surface area contributed by atoms with Crippen LogP contribution in [0.3, 0.4) is 0 Å². The Morgan fingerprint density at radius 3 is 2.52 bits per heavy atom. The molecule has 0 aliphatic rings. The number of benzene rings is 2. The van der Waals surface area contributed by atoms with Gasteiger partial charge >= 0.3 is 0 Å². The molecule has 0 fully saturated rings. The Morgan fingerprint density at radius 1 is 1.32 bits per heavy atom. The van der Waals surface area contributed by atoms with Gasteiger partial charge in [0.1, 0.15) is 11.8 Å². The molecule has 0 spiro atoms. The van der Waals surface area contributed by atoms with Crippen LogP contribution in [0.5, 0.6) is 5.75 Å². The standard InChI is InChI=1S/C15H12ClN3O5S/c1-10-14(16)8-13(9-15(10)19(20)21)25(22,23)18-11-2-4-12(5-3-11)24-7-6-17/h2-5,8-9,18H,7H2,1H3. The van der Waals surface area contributed by atoms with Gasteiger partial charge in [-0.15, -0.1) is 0 Å². The second kappa shape index (κ2) is 7.38. The van der Waals surface area contributed by atoms with Crippen molar-refractivity contribution in [1.29, 1.82) is 5.26 Å². The third-order valence-corrected chi connectivity index (χ3v) is 4.96. The Kier molecular flexibility index (Phi) is 5.46. The highest BCUT2D eigenvalue weighted by Crippen LogP contribution is 2.30. The van der Waals surface area contributed by atoms with Gasteiger partial charge in [0.25, 0.3) is 15.7 Å². The van der Waals surface area contributed by atoms with E-state index < -0.39 is 14.9 Å². The van der Waals surface area contributed by atoms with E-state index in [0.29, 0.717) is 5.75 Å². The summed E-state index contributed by atoms with van der Waals surface area (Å²) in [7, 11) is -4.07. The third-order valence-electron chi connectivity index (χ3n) is 3.21. The lowest BCUT2D eigenvalue weighted by Gasteiger charge is -2.10. The maximum atomic E-state index is 12.4. The van der Waals surface area contributed by atoms with E-state index in [0.717, 1.165) is 12.1 Å². The molecule has 0 heterocycles. The van der Waals surface area contributed by atoms with Gasteiger partial charge in [-0.1, -0.05) is 11.6 Å². The van der Waals surface area contributed by atoms with Crippen LogP contribution in [-0.2, 0) is 10.0 Å². The zero-order valence-electron chi connectivity index (χ0n) is 12.9. The minimum atomic E-state index is -4.07. The molecule has 25 heavy (non-hydrogen) atoms. The predicted octanol–water partition coefficient (Wildman–Crippen LogP) is 3.26. The molecule has 0 radical (unpaired) electrons. The summed E-state index contributed by atoms with van der Waals surface area (Å²) >= 11 is 5.90. The van der Waals surface area contributed by atoms with E-state index in [1.807, 2.05) is 6.07 Å². The summed E-state index contributed by atoms with van der Waals surface area (Å²) in [6.07, 6.45) is 0. The van der Waals surface area contributed by atoms with Crippen molar-refractivity contribution in [3.63, 3.8) is 0 Å². The van der Waals surface area contributed by atoms with Crippen molar-refractivity contribution in [2.75, 3.05) is 11.3 Å². The maximum absolute atomic E-state index is 12.4. The summed E-state index contributed by atoms with van der Waals surface area (Å²) in [4.78, 5) is 10.0. The molecule has 0 aliphatic heterocycles. The molecule has 10 heteroatoms. The minimum absolute atomic E-state index is 0.0187. The van der Waals surface area contributed by atoms with Crippen LogP contribution < -0.4 is 9.46 Å². The summed E-state index contributed by atoms with van der Waals surface area (Å²) in [6, 6.07) is 9.76. The predicted molar refractivity (Wildman–Crippen MR) is 91.2 cm³/mol. The Hall–Kier alpha value is -2.83. The summed E-state index contributed by atoms with van der Waals surface area (Å²) < 4.78 is 32.2. The van der Waals surface area contributed by atoms with Crippen LogP contribution in [-0.4, -0.2) is 19.9 Å². The molecule has 0 amide bonds. The van der Waals surface area contributed by atoms with E-state index in [9.17, 15) is 18.5 Å². The first kappa shape index (κ1) is 18.5. The van der Waals surface area contributed by atoms with Crippen molar-refractivity contribution in [3.8, 4) is 11.8 Å². The number of nitriles is 1. The Labute approximate surface area is 148 Å². The molecule has 2 rings (SSSR count). The van der Waals surface area contributed by atoms with E-state index >= 15 is 0 Å². The summed E-state index contributed by atoms with van der Waals surface area (Å²) in [5, 5.41) is 19.5. The number of rotatable bonds is 6. The zero-order chi connectivity index (χ0) is 18.6. The van der Waals surface area contributed by atoms with Crippen molar-refractivity contribution in [2.45, 2.75) is 11.8 Å². The normalized spacial score (nSPS) is 10.8. The number of hydrogen-bond donors (Lipinski definition) is 1. The fourth-order valence-electron chi connectivity index (χ4n) is 1.93. The molecule has 0 aliphatic carbocycles. The highest BCUT2D eigenvalue weighted by Gasteiger charge is 2.22. The molecule has 2 aromatic carbocycles. The Bertz CT molecular complexity index is 952. The van der Waals surface area contributed by atoms with E-state index in [-0.39, 0.29) is 33.5 Å². The minimum Gasteiger partial charge on any atom is -0.479 e. The quantitative estimate of drug-likeness (QED) is 0.605. The second-order valence-corrected chi connectivity index (χ2v) is 6.97. The van der Waals surface area contributed by atoms with Gasteiger partial charge in [-0.3, -0.25) is 14.8 Å². The average Bonchev–Trinajstić information content (AvgIpc) is 2.55. The van der Waals surface area contributed by atoms with Crippen molar-refractivity contribution in [1.82, 2.24) is 0 Å². The van der Waals surface area contributed by atoms with Crippen LogP contribution >= 0.6 is 11.6 Å². The van der Waals surface area contributed by atoms with Gasteiger partial charge in [0.2, 0.25) is 0 Å². The van der Waals surface area contributed by atoms with Crippen molar-refractivity contribution in [2.24, 2.45) is 0 Å². The number of nitro groups is 1. The fourth-order valence-corrected chi connectivity index (χ4v) is 3.32. The molecule has 130 valence electrons. The summed E-state index contributed by atoms with van der Waals surface area (Å²) in [5.41, 5.74) is 0.0291. The Balaban J connectivity index is 2.30. The van der Waals surface area contributed by atoms with E-state index in [4.69, 9.17) is 21.6 Å². The largest absolute Gasteiger partial charge is 0.479 e. The number of nitro benzene ring substituents is 1. The van der Waals surface area contributed by atoms with E-state index in [1.165, 1.54) is 31.2 Å². The number of anilines is 1. The lowest BCUT2D eigenvalue weighted by molar-refractivity contribution is -0.385. The molecule has 0 bridgehead atoms. The number of halogens is 1. The topological polar surface area (TPSA) is 122 Å². The van der Waals surface area contributed by atoms with Crippen molar-refractivity contribution in [3.05, 3.63) is 57.1 Å². The van der Waals surface area contributed by atoms with Crippen LogP contribution in [0, 0.1) is 28.4 Å². The molecule has 2 aromatic rings. The number of hydrogen-bond acceptors (Lipinski definition) is 6. The first-order valence-corrected chi connectivity index (χ1v) is 8.68.